The summed E-state index contributed by atoms with van der Waals surface area (Å²) in [6.45, 7) is 7.54. The van der Waals surface area contributed by atoms with Crippen molar-refractivity contribution in [3.05, 3.63) is 23.9 Å². The fourth-order valence-electron chi connectivity index (χ4n) is 4.13. The van der Waals surface area contributed by atoms with Gasteiger partial charge in [-0.15, -0.1) is 0 Å². The van der Waals surface area contributed by atoms with Crippen LogP contribution in [0.5, 0.6) is 5.88 Å². The summed E-state index contributed by atoms with van der Waals surface area (Å²) in [6, 6.07) is 4.08. The van der Waals surface area contributed by atoms with Gasteiger partial charge < -0.3 is 9.47 Å². The summed E-state index contributed by atoms with van der Waals surface area (Å²) in [4.78, 5) is 9.64. The highest BCUT2D eigenvalue weighted by Crippen LogP contribution is 2.37. The second-order valence-corrected chi connectivity index (χ2v) is 7.65. The van der Waals surface area contributed by atoms with Gasteiger partial charge in [-0.05, 0) is 37.2 Å². The third-order valence-electron chi connectivity index (χ3n) is 5.92. The van der Waals surface area contributed by atoms with Crippen LogP contribution in [-0.4, -0.2) is 66.8 Å². The van der Waals surface area contributed by atoms with Gasteiger partial charge in [0.05, 0.1) is 20.3 Å². The van der Waals surface area contributed by atoms with E-state index in [1.165, 1.54) is 37.8 Å². The molecule has 3 heterocycles. The summed E-state index contributed by atoms with van der Waals surface area (Å²) in [5, 5.41) is 0. The van der Waals surface area contributed by atoms with E-state index < -0.39 is 0 Å². The van der Waals surface area contributed by atoms with Gasteiger partial charge in [-0.1, -0.05) is 6.07 Å². The number of piperidine rings is 1. The van der Waals surface area contributed by atoms with E-state index in [1.54, 1.807) is 7.11 Å². The number of rotatable bonds is 5. The first-order valence-corrected chi connectivity index (χ1v) is 9.31. The number of morpholine rings is 1. The molecule has 0 amide bonds. The largest absolute Gasteiger partial charge is 0.481 e. The van der Waals surface area contributed by atoms with E-state index in [9.17, 15) is 0 Å². The summed E-state index contributed by atoms with van der Waals surface area (Å²) in [7, 11) is 1.66. The molecule has 0 unspecified atom stereocenters. The Kier molecular flexibility index (Phi) is 4.74. The molecule has 0 radical (unpaired) electrons. The van der Waals surface area contributed by atoms with Crippen LogP contribution in [0.2, 0.25) is 0 Å². The minimum atomic E-state index is 0.301. The smallest absolute Gasteiger partial charge is 0.212 e. The van der Waals surface area contributed by atoms with Crippen molar-refractivity contribution < 1.29 is 9.47 Å². The minimum Gasteiger partial charge on any atom is -0.481 e. The number of hydrogen-bond donors (Lipinski definition) is 0. The number of pyridine rings is 1. The first-order chi connectivity index (χ1) is 11.8. The highest BCUT2D eigenvalue weighted by atomic mass is 16.5. The van der Waals surface area contributed by atoms with Gasteiger partial charge in [0, 0.05) is 50.5 Å². The van der Waals surface area contributed by atoms with Crippen LogP contribution in [-0.2, 0) is 11.3 Å². The minimum absolute atomic E-state index is 0.301. The summed E-state index contributed by atoms with van der Waals surface area (Å²) in [5.74, 6) is 1.65. The Bertz CT molecular complexity index is 536. The molecule has 4 rings (SSSR count). The Morgan fingerprint density at radius 1 is 1.25 bits per heavy atom. The molecule has 2 saturated heterocycles. The Hall–Kier alpha value is -1.17. The molecule has 5 heteroatoms. The molecule has 3 aliphatic rings. The molecule has 1 aliphatic carbocycles. The van der Waals surface area contributed by atoms with Gasteiger partial charge in [-0.2, -0.15) is 0 Å². The Morgan fingerprint density at radius 2 is 2.08 bits per heavy atom. The van der Waals surface area contributed by atoms with Gasteiger partial charge in [0.1, 0.15) is 0 Å². The second-order valence-electron chi connectivity index (χ2n) is 7.65. The molecule has 1 aromatic rings. The maximum absolute atomic E-state index is 5.89. The molecular weight excluding hydrogens is 302 g/mol. The highest BCUT2D eigenvalue weighted by molar-refractivity contribution is 5.17. The van der Waals surface area contributed by atoms with Gasteiger partial charge >= 0.3 is 0 Å². The number of likely N-dealkylation sites (tertiary alicyclic amines) is 1. The predicted octanol–water partition coefficient (Wildman–Crippen LogP) is 2.17. The SMILES string of the molecule is COc1ccc(CN2CCC3(CC2)COCCN3CC2CC2)cn1. The molecule has 1 aromatic heterocycles. The average molecular weight is 331 g/mol. The van der Waals surface area contributed by atoms with Crippen LogP contribution in [0.15, 0.2) is 18.3 Å². The fraction of sp³-hybridized carbons (Fsp3) is 0.737. The Labute approximate surface area is 144 Å². The molecule has 0 N–H and O–H groups in total. The van der Waals surface area contributed by atoms with Crippen LogP contribution in [0, 0.1) is 5.92 Å². The zero-order valence-electron chi connectivity index (χ0n) is 14.7. The van der Waals surface area contributed by atoms with E-state index in [0.29, 0.717) is 11.4 Å². The molecule has 5 nitrogen and oxygen atoms in total. The van der Waals surface area contributed by atoms with Crippen LogP contribution < -0.4 is 4.74 Å². The van der Waals surface area contributed by atoms with Crippen molar-refractivity contribution in [2.45, 2.75) is 37.8 Å². The van der Waals surface area contributed by atoms with Crippen LogP contribution in [0.4, 0.5) is 0 Å². The number of methoxy groups -OCH3 is 1. The summed E-state index contributed by atoms with van der Waals surface area (Å²) in [5.41, 5.74) is 1.57. The van der Waals surface area contributed by atoms with Crippen molar-refractivity contribution in [1.29, 1.82) is 0 Å². The second kappa shape index (κ2) is 6.98. The molecule has 2 aliphatic heterocycles. The third kappa shape index (κ3) is 3.58. The molecule has 1 spiro atoms. The van der Waals surface area contributed by atoms with Gasteiger partial charge in [0.15, 0.2) is 0 Å². The maximum atomic E-state index is 5.89. The van der Waals surface area contributed by atoms with Gasteiger partial charge in [0.25, 0.3) is 0 Å². The first kappa shape index (κ1) is 16.3. The van der Waals surface area contributed by atoms with E-state index in [1.807, 2.05) is 12.3 Å². The normalized spacial score (nSPS) is 25.0. The van der Waals surface area contributed by atoms with E-state index >= 15 is 0 Å². The Balaban J connectivity index is 1.34. The Morgan fingerprint density at radius 3 is 2.75 bits per heavy atom. The molecule has 0 aromatic carbocycles. The van der Waals surface area contributed by atoms with Gasteiger partial charge in [0.2, 0.25) is 5.88 Å². The quantitative estimate of drug-likeness (QED) is 0.827. The lowest BCUT2D eigenvalue weighted by atomic mass is 9.85. The summed E-state index contributed by atoms with van der Waals surface area (Å²) >= 11 is 0. The number of nitrogens with zero attached hydrogens (tertiary/aromatic N) is 3. The molecule has 1 saturated carbocycles. The third-order valence-corrected chi connectivity index (χ3v) is 5.92. The number of hydrogen-bond acceptors (Lipinski definition) is 5. The first-order valence-electron chi connectivity index (χ1n) is 9.31. The van der Waals surface area contributed by atoms with Crippen LogP contribution >= 0.6 is 0 Å². The van der Waals surface area contributed by atoms with Crippen LogP contribution in [0.1, 0.15) is 31.2 Å². The van der Waals surface area contributed by atoms with Crippen molar-refractivity contribution in [2.75, 3.05) is 46.5 Å². The zero-order chi connectivity index (χ0) is 16.4. The van der Waals surface area contributed by atoms with Gasteiger partial charge in [-0.25, -0.2) is 4.98 Å². The molecule has 132 valence electrons. The van der Waals surface area contributed by atoms with E-state index in [-0.39, 0.29) is 0 Å². The average Bonchev–Trinajstić information content (AvgIpc) is 3.44. The zero-order valence-corrected chi connectivity index (χ0v) is 14.7. The molecule has 0 bridgehead atoms. The lowest BCUT2D eigenvalue weighted by Gasteiger charge is -2.51. The highest BCUT2D eigenvalue weighted by Gasteiger charge is 2.43. The van der Waals surface area contributed by atoms with E-state index in [2.05, 4.69) is 20.9 Å². The molecule has 24 heavy (non-hydrogen) atoms. The van der Waals surface area contributed by atoms with E-state index in [0.717, 1.165) is 45.3 Å². The number of ether oxygens (including phenoxy) is 2. The number of aromatic nitrogens is 1. The fourth-order valence-corrected chi connectivity index (χ4v) is 4.13. The standard InChI is InChI=1S/C19H29N3O2/c1-23-18-5-4-17(12-20-18)13-21-8-6-19(7-9-21)15-24-11-10-22(19)14-16-2-3-16/h4-5,12,16H,2-3,6-11,13-15H2,1H3. The summed E-state index contributed by atoms with van der Waals surface area (Å²) in [6.07, 6.45) is 7.26. The monoisotopic (exact) mass is 331 g/mol. The molecule has 0 atom stereocenters. The molecule has 3 fully saturated rings. The van der Waals surface area contributed by atoms with Crippen molar-refractivity contribution in [2.24, 2.45) is 5.92 Å². The van der Waals surface area contributed by atoms with E-state index in [4.69, 9.17) is 9.47 Å². The van der Waals surface area contributed by atoms with Crippen molar-refractivity contribution >= 4 is 0 Å². The van der Waals surface area contributed by atoms with Crippen LogP contribution in [0.25, 0.3) is 0 Å². The lowest BCUT2D eigenvalue weighted by Crippen LogP contribution is -2.61. The van der Waals surface area contributed by atoms with Crippen LogP contribution in [0.3, 0.4) is 0 Å². The topological polar surface area (TPSA) is 37.8 Å². The molecular formula is C19H29N3O2. The maximum Gasteiger partial charge on any atom is 0.212 e. The van der Waals surface area contributed by atoms with Crippen molar-refractivity contribution in [1.82, 2.24) is 14.8 Å². The summed E-state index contributed by atoms with van der Waals surface area (Å²) < 4.78 is 11.0. The van der Waals surface area contributed by atoms with Crippen molar-refractivity contribution in [3.63, 3.8) is 0 Å². The predicted molar refractivity (Wildman–Crippen MR) is 93.1 cm³/mol. The van der Waals surface area contributed by atoms with Gasteiger partial charge in [-0.3, -0.25) is 9.80 Å². The lowest BCUT2D eigenvalue weighted by molar-refractivity contribution is -0.0970. The van der Waals surface area contributed by atoms with Crippen molar-refractivity contribution in [3.8, 4) is 5.88 Å².